The standard InChI is InChI=1S/C13H20ClN3O/c1-3-17-7-5-4-6-11(17)8-10-9-12(14)13(18-2)16-15-10/h9,11H,3-8H2,1-2H3. The molecule has 0 aromatic carbocycles. The SMILES string of the molecule is CCN1CCCCC1Cc1cc(Cl)c(OC)nn1. The molecule has 2 rings (SSSR count). The number of likely N-dealkylation sites (N-methyl/N-ethyl adjacent to an activating group) is 1. The molecule has 2 heterocycles. The topological polar surface area (TPSA) is 38.2 Å². The Labute approximate surface area is 113 Å². The van der Waals surface area contributed by atoms with Crippen LogP contribution in [0.25, 0.3) is 0 Å². The Kier molecular flexibility index (Phi) is 4.78. The van der Waals surface area contributed by atoms with Gasteiger partial charge < -0.3 is 9.64 Å². The Bertz CT molecular complexity index is 400. The van der Waals surface area contributed by atoms with Crippen molar-refractivity contribution in [1.82, 2.24) is 15.1 Å². The summed E-state index contributed by atoms with van der Waals surface area (Å²) in [5.41, 5.74) is 0.950. The predicted molar refractivity (Wildman–Crippen MR) is 72.2 cm³/mol. The largest absolute Gasteiger partial charge is 0.479 e. The molecule has 1 aromatic heterocycles. The summed E-state index contributed by atoms with van der Waals surface area (Å²) >= 11 is 6.08. The van der Waals surface area contributed by atoms with Crippen molar-refractivity contribution < 1.29 is 4.74 Å². The smallest absolute Gasteiger partial charge is 0.252 e. The van der Waals surface area contributed by atoms with E-state index in [-0.39, 0.29) is 0 Å². The molecule has 1 saturated heterocycles. The van der Waals surface area contributed by atoms with Crippen molar-refractivity contribution >= 4 is 11.6 Å². The summed E-state index contributed by atoms with van der Waals surface area (Å²) in [5.74, 6) is 0.399. The third-order valence-corrected chi connectivity index (χ3v) is 3.83. The molecule has 100 valence electrons. The van der Waals surface area contributed by atoms with Gasteiger partial charge in [0.25, 0.3) is 5.88 Å². The number of nitrogens with zero attached hydrogens (tertiary/aromatic N) is 3. The van der Waals surface area contributed by atoms with E-state index in [2.05, 4.69) is 22.0 Å². The number of ether oxygens (including phenoxy) is 1. The molecule has 0 saturated carbocycles. The predicted octanol–water partition coefficient (Wildman–Crippen LogP) is 2.56. The summed E-state index contributed by atoms with van der Waals surface area (Å²) in [6.07, 6.45) is 4.77. The first kappa shape index (κ1) is 13.6. The van der Waals surface area contributed by atoms with Gasteiger partial charge in [-0.2, -0.15) is 5.10 Å². The molecular weight excluding hydrogens is 250 g/mol. The Morgan fingerprint density at radius 2 is 2.28 bits per heavy atom. The normalized spacial score (nSPS) is 20.9. The van der Waals surface area contributed by atoms with E-state index >= 15 is 0 Å². The monoisotopic (exact) mass is 269 g/mol. The third kappa shape index (κ3) is 3.12. The first-order valence-corrected chi connectivity index (χ1v) is 6.92. The molecule has 1 aliphatic heterocycles. The minimum absolute atomic E-state index is 0.399. The van der Waals surface area contributed by atoms with E-state index in [1.165, 1.54) is 25.8 Å². The second-order valence-corrected chi connectivity index (χ2v) is 5.08. The van der Waals surface area contributed by atoms with Crippen LogP contribution >= 0.6 is 11.6 Å². The van der Waals surface area contributed by atoms with Crippen molar-refractivity contribution in [2.75, 3.05) is 20.2 Å². The van der Waals surface area contributed by atoms with Crippen LogP contribution in [0.2, 0.25) is 5.02 Å². The number of hydrogen-bond donors (Lipinski definition) is 0. The highest BCUT2D eigenvalue weighted by atomic mass is 35.5. The van der Waals surface area contributed by atoms with Gasteiger partial charge in [-0.05, 0) is 32.0 Å². The maximum atomic E-state index is 6.08. The van der Waals surface area contributed by atoms with Gasteiger partial charge in [0, 0.05) is 12.5 Å². The number of likely N-dealkylation sites (tertiary alicyclic amines) is 1. The van der Waals surface area contributed by atoms with Gasteiger partial charge in [0.1, 0.15) is 5.02 Å². The maximum absolute atomic E-state index is 6.08. The van der Waals surface area contributed by atoms with E-state index in [4.69, 9.17) is 16.3 Å². The van der Waals surface area contributed by atoms with Crippen LogP contribution in [0.3, 0.4) is 0 Å². The Balaban J connectivity index is 2.05. The molecule has 1 fully saturated rings. The number of halogens is 1. The molecule has 0 spiro atoms. The quantitative estimate of drug-likeness (QED) is 0.842. The van der Waals surface area contributed by atoms with Gasteiger partial charge in [0.2, 0.25) is 0 Å². The molecule has 0 N–H and O–H groups in total. The van der Waals surface area contributed by atoms with E-state index in [0.717, 1.165) is 18.7 Å². The van der Waals surface area contributed by atoms with Crippen LogP contribution in [0.15, 0.2) is 6.07 Å². The van der Waals surface area contributed by atoms with Gasteiger partial charge in [0.15, 0.2) is 0 Å². The van der Waals surface area contributed by atoms with Gasteiger partial charge >= 0.3 is 0 Å². The van der Waals surface area contributed by atoms with Gasteiger partial charge in [-0.3, -0.25) is 0 Å². The van der Waals surface area contributed by atoms with Crippen molar-refractivity contribution in [3.63, 3.8) is 0 Å². The Hall–Kier alpha value is -0.870. The lowest BCUT2D eigenvalue weighted by atomic mass is 9.98. The molecule has 4 nitrogen and oxygen atoms in total. The zero-order valence-electron chi connectivity index (χ0n) is 11.0. The van der Waals surface area contributed by atoms with Crippen molar-refractivity contribution in [2.45, 2.75) is 38.6 Å². The summed E-state index contributed by atoms with van der Waals surface area (Å²) in [6, 6.07) is 2.44. The van der Waals surface area contributed by atoms with E-state index in [1.54, 1.807) is 7.11 Å². The number of piperidine rings is 1. The maximum Gasteiger partial charge on any atom is 0.252 e. The second kappa shape index (κ2) is 6.34. The Morgan fingerprint density at radius 3 is 2.94 bits per heavy atom. The molecule has 0 amide bonds. The molecule has 0 bridgehead atoms. The first-order valence-electron chi connectivity index (χ1n) is 6.54. The summed E-state index contributed by atoms with van der Waals surface area (Å²) in [5, 5.41) is 8.72. The fourth-order valence-electron chi connectivity index (χ4n) is 2.58. The number of hydrogen-bond acceptors (Lipinski definition) is 4. The first-order chi connectivity index (χ1) is 8.74. The van der Waals surface area contributed by atoms with Crippen molar-refractivity contribution in [1.29, 1.82) is 0 Å². The van der Waals surface area contributed by atoms with Crippen LogP contribution in [0.1, 0.15) is 31.9 Å². The van der Waals surface area contributed by atoms with Gasteiger partial charge in [-0.1, -0.05) is 24.9 Å². The third-order valence-electron chi connectivity index (χ3n) is 3.56. The zero-order chi connectivity index (χ0) is 13.0. The lowest BCUT2D eigenvalue weighted by Crippen LogP contribution is -2.40. The van der Waals surface area contributed by atoms with E-state index in [0.29, 0.717) is 16.9 Å². The van der Waals surface area contributed by atoms with Crippen LogP contribution in [0, 0.1) is 0 Å². The molecule has 0 aliphatic carbocycles. The van der Waals surface area contributed by atoms with Crippen molar-refractivity contribution in [3.8, 4) is 5.88 Å². The Morgan fingerprint density at radius 1 is 1.44 bits per heavy atom. The van der Waals surface area contributed by atoms with E-state index in [1.807, 2.05) is 6.07 Å². The van der Waals surface area contributed by atoms with Gasteiger partial charge in [-0.25, -0.2) is 0 Å². The summed E-state index contributed by atoms with van der Waals surface area (Å²) in [6.45, 7) is 4.51. The number of methoxy groups -OCH3 is 1. The summed E-state index contributed by atoms with van der Waals surface area (Å²) < 4.78 is 5.02. The average molecular weight is 270 g/mol. The van der Waals surface area contributed by atoms with Crippen molar-refractivity contribution in [3.05, 3.63) is 16.8 Å². The fourth-order valence-corrected chi connectivity index (χ4v) is 2.82. The number of rotatable bonds is 4. The molecule has 1 unspecified atom stereocenters. The minimum Gasteiger partial charge on any atom is -0.479 e. The van der Waals surface area contributed by atoms with E-state index < -0.39 is 0 Å². The van der Waals surface area contributed by atoms with E-state index in [9.17, 15) is 0 Å². The number of aromatic nitrogens is 2. The summed E-state index contributed by atoms with van der Waals surface area (Å²) in [4.78, 5) is 2.52. The molecule has 1 aromatic rings. The molecule has 1 atom stereocenters. The minimum atomic E-state index is 0.399. The van der Waals surface area contributed by atoms with Crippen LogP contribution in [0.4, 0.5) is 0 Å². The molecule has 1 aliphatic rings. The highest BCUT2D eigenvalue weighted by Crippen LogP contribution is 2.24. The zero-order valence-corrected chi connectivity index (χ0v) is 11.8. The van der Waals surface area contributed by atoms with Gasteiger partial charge in [0.05, 0.1) is 12.8 Å². The van der Waals surface area contributed by atoms with Crippen LogP contribution < -0.4 is 4.74 Å². The second-order valence-electron chi connectivity index (χ2n) is 4.68. The highest BCUT2D eigenvalue weighted by molar-refractivity contribution is 6.31. The highest BCUT2D eigenvalue weighted by Gasteiger charge is 2.22. The molecular formula is C13H20ClN3O. The average Bonchev–Trinajstić information content (AvgIpc) is 2.39. The van der Waals surface area contributed by atoms with Crippen LogP contribution in [-0.4, -0.2) is 41.3 Å². The molecule has 0 radical (unpaired) electrons. The summed E-state index contributed by atoms with van der Waals surface area (Å²) in [7, 11) is 1.55. The van der Waals surface area contributed by atoms with Crippen molar-refractivity contribution in [2.24, 2.45) is 0 Å². The lowest BCUT2D eigenvalue weighted by molar-refractivity contribution is 0.154. The van der Waals surface area contributed by atoms with Crippen LogP contribution in [-0.2, 0) is 6.42 Å². The fraction of sp³-hybridized carbons (Fsp3) is 0.692. The van der Waals surface area contributed by atoms with Crippen LogP contribution in [0.5, 0.6) is 5.88 Å². The van der Waals surface area contributed by atoms with Gasteiger partial charge in [-0.15, -0.1) is 5.10 Å². The lowest BCUT2D eigenvalue weighted by Gasteiger charge is -2.34. The molecule has 18 heavy (non-hydrogen) atoms. The molecule has 5 heteroatoms.